The van der Waals surface area contributed by atoms with Gasteiger partial charge in [-0.25, -0.2) is 0 Å². The van der Waals surface area contributed by atoms with E-state index in [0.29, 0.717) is 18.9 Å². The van der Waals surface area contributed by atoms with Crippen molar-refractivity contribution in [2.75, 3.05) is 33.3 Å². The fourth-order valence-corrected chi connectivity index (χ4v) is 2.46. The second-order valence-electron chi connectivity index (χ2n) is 4.90. The van der Waals surface area contributed by atoms with Gasteiger partial charge in [0.2, 0.25) is 5.91 Å². The average molecular weight is 242 g/mol. The summed E-state index contributed by atoms with van der Waals surface area (Å²) in [5.74, 6) is 0.174. The first-order chi connectivity index (χ1) is 8.19. The van der Waals surface area contributed by atoms with Crippen LogP contribution in [-0.2, 0) is 4.79 Å². The van der Waals surface area contributed by atoms with Gasteiger partial charge in [-0.15, -0.1) is 0 Å². The van der Waals surface area contributed by atoms with E-state index in [0.717, 1.165) is 25.9 Å². The number of nitrogens with zero attached hydrogens (tertiary/aromatic N) is 2. The third-order valence-corrected chi connectivity index (χ3v) is 3.59. The first-order valence-electron chi connectivity index (χ1n) is 6.78. The molecule has 0 aliphatic carbocycles. The van der Waals surface area contributed by atoms with E-state index in [1.54, 1.807) is 0 Å². The van der Waals surface area contributed by atoms with Gasteiger partial charge >= 0.3 is 0 Å². The Balaban J connectivity index is 2.29. The van der Waals surface area contributed by atoms with Gasteiger partial charge in [-0.2, -0.15) is 0 Å². The number of carbonyl (C=O) groups excluding carboxylic acids is 1. The van der Waals surface area contributed by atoms with Gasteiger partial charge in [0.15, 0.2) is 0 Å². The van der Waals surface area contributed by atoms with Crippen molar-refractivity contribution in [1.29, 1.82) is 0 Å². The molecule has 0 radical (unpaired) electrons. The van der Waals surface area contributed by atoms with Crippen molar-refractivity contribution in [3.05, 3.63) is 0 Å². The molecule has 1 aliphatic rings. The number of aliphatic hydroxyl groups is 1. The van der Waals surface area contributed by atoms with Crippen molar-refractivity contribution in [1.82, 2.24) is 9.80 Å². The highest BCUT2D eigenvalue weighted by atomic mass is 16.3. The molecule has 4 nitrogen and oxygen atoms in total. The zero-order chi connectivity index (χ0) is 12.7. The van der Waals surface area contributed by atoms with Crippen molar-refractivity contribution < 1.29 is 9.90 Å². The van der Waals surface area contributed by atoms with Crippen LogP contribution in [0.5, 0.6) is 0 Å². The zero-order valence-corrected chi connectivity index (χ0v) is 11.2. The predicted octanol–water partition coefficient (Wildman–Crippen LogP) is 1.09. The topological polar surface area (TPSA) is 43.8 Å². The van der Waals surface area contributed by atoms with E-state index in [-0.39, 0.29) is 12.5 Å². The molecule has 1 rings (SSSR count). The summed E-state index contributed by atoms with van der Waals surface area (Å²) in [5, 5.41) is 8.72. The van der Waals surface area contributed by atoms with Crippen LogP contribution in [0.2, 0.25) is 0 Å². The number of amides is 1. The normalized spacial score (nSPS) is 18.3. The van der Waals surface area contributed by atoms with Gasteiger partial charge < -0.3 is 14.9 Å². The summed E-state index contributed by atoms with van der Waals surface area (Å²) < 4.78 is 0. The van der Waals surface area contributed by atoms with Crippen LogP contribution < -0.4 is 0 Å². The lowest BCUT2D eigenvalue weighted by Gasteiger charge is -2.36. The van der Waals surface area contributed by atoms with E-state index in [1.807, 2.05) is 11.9 Å². The lowest BCUT2D eigenvalue weighted by atomic mass is 10.0. The molecule has 1 amide bonds. The van der Waals surface area contributed by atoms with Crippen LogP contribution in [0.4, 0.5) is 0 Å². The molecule has 0 spiro atoms. The van der Waals surface area contributed by atoms with E-state index in [4.69, 9.17) is 5.11 Å². The quantitative estimate of drug-likeness (QED) is 0.758. The van der Waals surface area contributed by atoms with E-state index in [1.165, 1.54) is 13.0 Å². The summed E-state index contributed by atoms with van der Waals surface area (Å²) in [6.45, 7) is 5.70. The van der Waals surface area contributed by atoms with Crippen molar-refractivity contribution in [3.63, 3.8) is 0 Å². The van der Waals surface area contributed by atoms with Gasteiger partial charge in [-0.1, -0.05) is 6.92 Å². The molecular weight excluding hydrogens is 216 g/mol. The highest BCUT2D eigenvalue weighted by molar-refractivity contribution is 5.76. The predicted molar refractivity (Wildman–Crippen MR) is 68.8 cm³/mol. The van der Waals surface area contributed by atoms with Crippen molar-refractivity contribution in [2.45, 2.75) is 45.1 Å². The zero-order valence-electron chi connectivity index (χ0n) is 11.2. The Kier molecular flexibility index (Phi) is 6.52. The molecule has 0 aromatic carbocycles. The van der Waals surface area contributed by atoms with E-state index in [2.05, 4.69) is 11.8 Å². The van der Waals surface area contributed by atoms with Crippen molar-refractivity contribution in [2.24, 2.45) is 0 Å². The summed E-state index contributed by atoms with van der Waals surface area (Å²) in [5.41, 5.74) is 0. The van der Waals surface area contributed by atoms with E-state index < -0.39 is 0 Å². The first-order valence-corrected chi connectivity index (χ1v) is 6.78. The van der Waals surface area contributed by atoms with Crippen LogP contribution >= 0.6 is 0 Å². The number of piperidine rings is 1. The maximum Gasteiger partial charge on any atom is 0.222 e. The lowest BCUT2D eigenvalue weighted by Crippen LogP contribution is -2.45. The Morgan fingerprint density at radius 2 is 2.06 bits per heavy atom. The summed E-state index contributed by atoms with van der Waals surface area (Å²) >= 11 is 0. The molecule has 1 aliphatic heterocycles. The molecule has 0 bridgehead atoms. The second-order valence-corrected chi connectivity index (χ2v) is 4.90. The molecule has 0 unspecified atom stereocenters. The Bertz CT molecular complexity index is 225. The molecule has 0 saturated carbocycles. The fraction of sp³-hybridized carbons (Fsp3) is 0.923. The first kappa shape index (κ1) is 14.5. The standard InChI is InChI=1S/C13H26N2O2/c1-3-8-15-9-6-12(7-10-15)14(2)13(17)5-4-11-16/h12,16H,3-11H2,1-2H3. The van der Waals surface area contributed by atoms with E-state index >= 15 is 0 Å². The average Bonchev–Trinajstić information content (AvgIpc) is 2.36. The molecule has 0 aromatic heterocycles. The molecule has 0 atom stereocenters. The second kappa shape index (κ2) is 7.67. The largest absolute Gasteiger partial charge is 0.396 e. The Morgan fingerprint density at radius 3 is 2.59 bits per heavy atom. The molecule has 100 valence electrons. The minimum atomic E-state index is 0.106. The van der Waals surface area contributed by atoms with E-state index in [9.17, 15) is 4.79 Å². The number of aliphatic hydroxyl groups excluding tert-OH is 1. The van der Waals surface area contributed by atoms with Crippen LogP contribution in [0.1, 0.15) is 39.0 Å². The van der Waals surface area contributed by atoms with Crippen LogP contribution in [0.3, 0.4) is 0 Å². The summed E-state index contributed by atoms with van der Waals surface area (Å²) in [4.78, 5) is 16.2. The molecule has 0 aromatic rings. The van der Waals surface area contributed by atoms with Gasteiger partial charge in [-0.05, 0) is 32.2 Å². The monoisotopic (exact) mass is 242 g/mol. The van der Waals surface area contributed by atoms with Crippen LogP contribution in [0, 0.1) is 0 Å². The summed E-state index contributed by atoms with van der Waals surface area (Å²) in [7, 11) is 1.90. The minimum absolute atomic E-state index is 0.106. The molecule has 1 heterocycles. The van der Waals surface area contributed by atoms with Gasteiger partial charge in [-0.3, -0.25) is 4.79 Å². The molecular formula is C13H26N2O2. The number of hydrogen-bond acceptors (Lipinski definition) is 3. The highest BCUT2D eigenvalue weighted by Crippen LogP contribution is 2.16. The molecule has 17 heavy (non-hydrogen) atoms. The third-order valence-electron chi connectivity index (χ3n) is 3.59. The molecule has 1 saturated heterocycles. The molecule has 1 N–H and O–H groups in total. The Hall–Kier alpha value is -0.610. The SMILES string of the molecule is CCCN1CCC(N(C)C(=O)CCCO)CC1. The van der Waals surface area contributed by atoms with Crippen LogP contribution in [0.25, 0.3) is 0 Å². The van der Waals surface area contributed by atoms with Crippen LogP contribution in [-0.4, -0.2) is 60.1 Å². The highest BCUT2D eigenvalue weighted by Gasteiger charge is 2.24. The summed E-state index contributed by atoms with van der Waals surface area (Å²) in [6, 6.07) is 0.397. The summed E-state index contributed by atoms with van der Waals surface area (Å²) in [6.07, 6.45) is 4.43. The van der Waals surface area contributed by atoms with Crippen molar-refractivity contribution >= 4 is 5.91 Å². The molecule has 1 fully saturated rings. The van der Waals surface area contributed by atoms with Gasteiger partial charge in [0.05, 0.1) is 0 Å². The minimum Gasteiger partial charge on any atom is -0.396 e. The van der Waals surface area contributed by atoms with Crippen molar-refractivity contribution in [3.8, 4) is 0 Å². The van der Waals surface area contributed by atoms with Gasteiger partial charge in [0.1, 0.15) is 0 Å². The maximum atomic E-state index is 11.8. The maximum absolute atomic E-state index is 11.8. The number of hydrogen-bond donors (Lipinski definition) is 1. The molecule has 4 heteroatoms. The van der Waals surface area contributed by atoms with Crippen LogP contribution in [0.15, 0.2) is 0 Å². The number of carbonyl (C=O) groups is 1. The Morgan fingerprint density at radius 1 is 1.41 bits per heavy atom. The smallest absolute Gasteiger partial charge is 0.222 e. The number of likely N-dealkylation sites (tertiary alicyclic amines) is 1. The third kappa shape index (κ3) is 4.64. The van der Waals surface area contributed by atoms with Gasteiger partial charge in [0.25, 0.3) is 0 Å². The van der Waals surface area contributed by atoms with Gasteiger partial charge in [0, 0.05) is 39.2 Å². The Labute approximate surface area is 105 Å². The fourth-order valence-electron chi connectivity index (χ4n) is 2.46. The number of rotatable bonds is 6. The lowest BCUT2D eigenvalue weighted by molar-refractivity contribution is -0.133.